The van der Waals surface area contributed by atoms with Crippen LogP contribution in [0.15, 0.2) is 18.2 Å². The van der Waals surface area contributed by atoms with E-state index in [1.165, 1.54) is 56.2 Å². The van der Waals surface area contributed by atoms with Gasteiger partial charge in [0.05, 0.1) is 0 Å². The highest BCUT2D eigenvalue weighted by atomic mass is 16.3. The quantitative estimate of drug-likeness (QED) is 0.771. The van der Waals surface area contributed by atoms with Gasteiger partial charge in [-0.2, -0.15) is 0 Å². The Labute approximate surface area is 115 Å². The number of phenolic OH excluding ortho intramolecular Hbond substituents is 1. The van der Waals surface area contributed by atoms with Gasteiger partial charge in [0.1, 0.15) is 5.75 Å². The predicted molar refractivity (Wildman–Crippen MR) is 76.5 cm³/mol. The molecule has 1 aromatic carbocycles. The first-order valence-electron chi connectivity index (χ1n) is 7.73. The van der Waals surface area contributed by atoms with Crippen molar-refractivity contribution < 1.29 is 5.11 Å². The van der Waals surface area contributed by atoms with E-state index < -0.39 is 0 Å². The minimum absolute atomic E-state index is 0.448. The summed E-state index contributed by atoms with van der Waals surface area (Å²) >= 11 is 0. The number of hydrogen-bond donors (Lipinski definition) is 1. The molecule has 2 heteroatoms. The van der Waals surface area contributed by atoms with E-state index >= 15 is 0 Å². The van der Waals surface area contributed by atoms with Crippen LogP contribution >= 0.6 is 0 Å². The Balaban J connectivity index is 1.86. The second kappa shape index (κ2) is 3.99. The topological polar surface area (TPSA) is 23.5 Å². The molecule has 19 heavy (non-hydrogen) atoms. The number of hydrogen-bond acceptors (Lipinski definition) is 2. The van der Waals surface area contributed by atoms with Gasteiger partial charge in [0.2, 0.25) is 0 Å². The largest absolute Gasteiger partial charge is 0.508 e. The number of rotatable bonds is 0. The molecule has 0 bridgehead atoms. The van der Waals surface area contributed by atoms with Crippen LogP contribution in [0.1, 0.15) is 49.1 Å². The fourth-order valence-corrected chi connectivity index (χ4v) is 5.23. The zero-order chi connectivity index (χ0) is 13.0. The minimum atomic E-state index is 0.448. The van der Waals surface area contributed by atoms with Crippen molar-refractivity contribution in [1.82, 2.24) is 4.90 Å². The van der Waals surface area contributed by atoms with Gasteiger partial charge < -0.3 is 10.0 Å². The van der Waals surface area contributed by atoms with Gasteiger partial charge in [-0.05, 0) is 73.9 Å². The van der Waals surface area contributed by atoms with E-state index in [1.807, 2.05) is 6.07 Å². The molecule has 102 valence electrons. The number of aromatic hydroxyl groups is 1. The molecule has 3 atom stereocenters. The highest BCUT2D eigenvalue weighted by Crippen LogP contribution is 2.59. The van der Waals surface area contributed by atoms with Gasteiger partial charge in [-0.3, -0.25) is 0 Å². The third kappa shape index (κ3) is 1.53. The number of fused-ring (bicyclic) bond motifs is 2. The summed E-state index contributed by atoms with van der Waals surface area (Å²) in [6, 6.07) is 6.82. The number of benzene rings is 1. The van der Waals surface area contributed by atoms with Crippen LogP contribution in [0.4, 0.5) is 0 Å². The maximum Gasteiger partial charge on any atom is 0.115 e. The Kier molecular flexibility index (Phi) is 2.47. The fourth-order valence-electron chi connectivity index (χ4n) is 5.23. The molecule has 3 aliphatic rings. The molecule has 0 unspecified atom stereocenters. The van der Waals surface area contributed by atoms with Gasteiger partial charge in [0.15, 0.2) is 0 Å². The summed E-state index contributed by atoms with van der Waals surface area (Å²) in [5, 5.41) is 9.86. The van der Waals surface area contributed by atoms with Crippen molar-refractivity contribution in [2.45, 2.75) is 50.5 Å². The van der Waals surface area contributed by atoms with Crippen molar-refractivity contribution >= 4 is 0 Å². The lowest BCUT2D eigenvalue weighted by Crippen LogP contribution is -2.48. The van der Waals surface area contributed by atoms with Crippen LogP contribution in [0.25, 0.3) is 0 Å². The van der Waals surface area contributed by atoms with Crippen LogP contribution in [0.5, 0.6) is 5.75 Å². The van der Waals surface area contributed by atoms with Crippen molar-refractivity contribution in [3.63, 3.8) is 0 Å². The number of likely N-dealkylation sites (tertiary alicyclic amines) is 1. The molecule has 1 N–H and O–H groups in total. The van der Waals surface area contributed by atoms with Crippen LogP contribution in [0, 0.1) is 5.41 Å². The van der Waals surface area contributed by atoms with E-state index in [4.69, 9.17) is 0 Å². The zero-order valence-electron chi connectivity index (χ0n) is 11.7. The van der Waals surface area contributed by atoms with Crippen LogP contribution in [-0.2, 0) is 6.42 Å². The summed E-state index contributed by atoms with van der Waals surface area (Å²) in [5.74, 6) is 1.14. The molecule has 0 radical (unpaired) electrons. The Morgan fingerprint density at radius 2 is 2.16 bits per heavy atom. The molecule has 1 spiro atoms. The third-order valence-corrected chi connectivity index (χ3v) is 6.12. The highest BCUT2D eigenvalue weighted by Gasteiger charge is 2.54. The number of likely N-dealkylation sites (N-methyl/N-ethyl adjacent to an activating group) is 1. The molecule has 1 saturated heterocycles. The summed E-state index contributed by atoms with van der Waals surface area (Å²) in [4.78, 5) is 2.59. The molecule has 1 aromatic rings. The molecule has 1 aliphatic heterocycles. The van der Waals surface area contributed by atoms with Gasteiger partial charge >= 0.3 is 0 Å². The summed E-state index contributed by atoms with van der Waals surface area (Å²) in [7, 11) is 2.30. The van der Waals surface area contributed by atoms with E-state index in [0.717, 1.165) is 6.04 Å². The van der Waals surface area contributed by atoms with Crippen LogP contribution < -0.4 is 0 Å². The van der Waals surface area contributed by atoms with Gasteiger partial charge in [-0.1, -0.05) is 18.9 Å². The van der Waals surface area contributed by atoms with E-state index in [9.17, 15) is 5.11 Å². The van der Waals surface area contributed by atoms with Crippen LogP contribution in [0.3, 0.4) is 0 Å². The fraction of sp³-hybridized carbons (Fsp3) is 0.647. The monoisotopic (exact) mass is 257 g/mol. The maximum absolute atomic E-state index is 9.86. The first-order chi connectivity index (χ1) is 9.21. The van der Waals surface area contributed by atoms with Crippen LogP contribution in [0.2, 0.25) is 0 Å². The van der Waals surface area contributed by atoms with E-state index in [0.29, 0.717) is 17.1 Å². The average Bonchev–Trinajstić information content (AvgIpc) is 2.73. The number of nitrogens with zero attached hydrogens (tertiary/aromatic N) is 1. The highest BCUT2D eigenvalue weighted by molar-refractivity contribution is 5.43. The molecular weight excluding hydrogens is 234 g/mol. The summed E-state index contributed by atoms with van der Waals surface area (Å²) in [6.07, 6.45) is 8.01. The molecule has 0 amide bonds. The summed E-state index contributed by atoms with van der Waals surface area (Å²) in [5.41, 5.74) is 3.46. The average molecular weight is 257 g/mol. The lowest BCUT2D eigenvalue weighted by molar-refractivity contribution is 0.0807. The van der Waals surface area contributed by atoms with E-state index in [2.05, 4.69) is 24.1 Å². The van der Waals surface area contributed by atoms with E-state index in [1.54, 1.807) is 0 Å². The first-order valence-corrected chi connectivity index (χ1v) is 7.73. The van der Waals surface area contributed by atoms with E-state index in [-0.39, 0.29) is 0 Å². The van der Waals surface area contributed by atoms with Crippen LogP contribution in [-0.4, -0.2) is 29.6 Å². The Morgan fingerprint density at radius 3 is 3.05 bits per heavy atom. The van der Waals surface area contributed by atoms with Crippen molar-refractivity contribution in [3.05, 3.63) is 29.3 Å². The third-order valence-electron chi connectivity index (χ3n) is 6.12. The number of phenols is 1. The zero-order valence-corrected chi connectivity index (χ0v) is 11.7. The lowest BCUT2D eigenvalue weighted by Gasteiger charge is -2.51. The minimum Gasteiger partial charge on any atom is -0.508 e. The summed E-state index contributed by atoms with van der Waals surface area (Å²) in [6.45, 7) is 1.25. The smallest absolute Gasteiger partial charge is 0.115 e. The maximum atomic E-state index is 9.86. The first kappa shape index (κ1) is 11.8. The molecule has 2 fully saturated rings. The van der Waals surface area contributed by atoms with Crippen molar-refractivity contribution in [3.8, 4) is 5.75 Å². The predicted octanol–water partition coefficient (Wildman–Crippen LogP) is 3.30. The van der Waals surface area contributed by atoms with Gasteiger partial charge in [-0.25, -0.2) is 0 Å². The van der Waals surface area contributed by atoms with Crippen molar-refractivity contribution in [1.29, 1.82) is 0 Å². The SMILES string of the molecule is CN1CC[C@]23CCCC[C@@H]2c2cc(O)ccc2C[C@H]13. The molecule has 1 heterocycles. The second-order valence-electron chi connectivity index (χ2n) is 6.87. The van der Waals surface area contributed by atoms with Crippen molar-refractivity contribution in [2.75, 3.05) is 13.6 Å². The Morgan fingerprint density at radius 1 is 1.26 bits per heavy atom. The Hall–Kier alpha value is -1.02. The standard InChI is InChI=1S/C17H23NO/c1-18-9-8-17-7-3-2-4-15(17)14-11-13(19)6-5-12(14)10-16(17)18/h5-6,11,15-16,19H,2-4,7-10H2,1H3/t15-,16+,17-/m1/s1. The van der Waals surface area contributed by atoms with Gasteiger partial charge in [0.25, 0.3) is 0 Å². The summed E-state index contributed by atoms with van der Waals surface area (Å²) < 4.78 is 0. The van der Waals surface area contributed by atoms with Gasteiger partial charge in [-0.15, -0.1) is 0 Å². The Bertz CT molecular complexity index is 508. The molecule has 4 rings (SSSR count). The molecule has 1 saturated carbocycles. The normalized spacial score (nSPS) is 37.5. The van der Waals surface area contributed by atoms with Crippen molar-refractivity contribution in [2.24, 2.45) is 5.41 Å². The molecular formula is C17H23NO. The molecule has 2 nitrogen and oxygen atoms in total. The van der Waals surface area contributed by atoms with Gasteiger partial charge in [0, 0.05) is 6.04 Å². The second-order valence-corrected chi connectivity index (χ2v) is 6.87. The molecule has 0 aromatic heterocycles. The molecule has 2 aliphatic carbocycles. The lowest BCUT2D eigenvalue weighted by atomic mass is 9.55.